The van der Waals surface area contributed by atoms with Crippen LogP contribution in [0.25, 0.3) is 0 Å². The Morgan fingerprint density at radius 1 is 0.912 bits per heavy atom. The summed E-state index contributed by atoms with van der Waals surface area (Å²) in [7, 11) is -2.50. The predicted molar refractivity (Wildman–Crippen MR) is 152 cm³/mol. The van der Waals surface area contributed by atoms with E-state index >= 15 is 0 Å². The largest absolute Gasteiger partial charge is 0.598 e. The van der Waals surface area contributed by atoms with Gasteiger partial charge >= 0.3 is 0 Å². The van der Waals surface area contributed by atoms with Crippen molar-refractivity contribution in [3.05, 3.63) is 72.8 Å². The molecule has 0 radical (unpaired) electrons. The van der Waals surface area contributed by atoms with Gasteiger partial charge in [-0.15, -0.1) is 4.72 Å². The van der Waals surface area contributed by atoms with Crippen molar-refractivity contribution in [2.45, 2.75) is 84.1 Å². The van der Waals surface area contributed by atoms with Crippen LogP contribution in [-0.2, 0) is 15.8 Å². The normalized spacial score (nSPS) is 15.1. The van der Waals surface area contributed by atoms with E-state index < -0.39 is 19.7 Å². The van der Waals surface area contributed by atoms with Crippen molar-refractivity contribution in [2.75, 3.05) is 6.61 Å². The Labute approximate surface area is 212 Å². The van der Waals surface area contributed by atoms with E-state index in [-0.39, 0.29) is 15.8 Å². The monoisotopic (exact) mass is 499 g/mol. The van der Waals surface area contributed by atoms with Crippen LogP contribution in [0, 0.1) is 5.92 Å². The van der Waals surface area contributed by atoms with Crippen molar-refractivity contribution >= 4 is 30.1 Å². The lowest BCUT2D eigenvalue weighted by molar-refractivity contribution is 0.304. The van der Waals surface area contributed by atoms with Gasteiger partial charge in [0.25, 0.3) is 8.32 Å². The van der Waals surface area contributed by atoms with Crippen molar-refractivity contribution in [2.24, 2.45) is 5.92 Å². The molecule has 2 rings (SSSR count). The van der Waals surface area contributed by atoms with E-state index in [2.05, 4.69) is 112 Å². The van der Waals surface area contributed by atoms with E-state index in [0.29, 0.717) is 12.5 Å². The molecule has 0 aromatic heterocycles. The molecule has 2 aromatic carbocycles. The fourth-order valence-electron chi connectivity index (χ4n) is 4.29. The molecule has 0 bridgehead atoms. The van der Waals surface area contributed by atoms with Gasteiger partial charge in [-0.1, -0.05) is 107 Å². The first-order valence-electron chi connectivity index (χ1n) is 12.5. The van der Waals surface area contributed by atoms with E-state index in [0.717, 1.165) is 12.8 Å². The Balaban J connectivity index is 2.21. The quantitative estimate of drug-likeness (QED) is 0.179. The lowest BCUT2D eigenvalue weighted by atomic mass is 10.0. The lowest BCUT2D eigenvalue weighted by Gasteiger charge is -2.43. The molecule has 0 amide bonds. The van der Waals surface area contributed by atoms with Crippen LogP contribution < -0.4 is 15.1 Å². The average Bonchev–Trinajstić information content (AvgIpc) is 2.75. The Hall–Kier alpha value is -1.37. The van der Waals surface area contributed by atoms with Crippen LogP contribution in [-0.4, -0.2) is 30.3 Å². The highest BCUT2D eigenvalue weighted by Gasteiger charge is 2.49. The summed E-state index contributed by atoms with van der Waals surface area (Å²) in [5, 5.41) is 2.58. The van der Waals surface area contributed by atoms with E-state index in [1.54, 1.807) is 0 Å². The van der Waals surface area contributed by atoms with Gasteiger partial charge in [0.2, 0.25) is 0 Å². The molecule has 0 aliphatic rings. The maximum Gasteiger partial charge on any atom is 0.261 e. The SMILES string of the molecule is CC(C)C[C@@H](/C=C/CCO[Si](c1ccccc1)(c1ccccc1)C(C)(C)C)N[S@+]([O-])C(C)(C)C. The molecule has 2 atom stereocenters. The molecule has 3 nitrogen and oxygen atoms in total. The van der Waals surface area contributed by atoms with Crippen LogP contribution in [0.15, 0.2) is 72.8 Å². The second-order valence-corrected chi connectivity index (χ2v) is 17.8. The van der Waals surface area contributed by atoms with E-state index in [1.165, 1.54) is 10.4 Å². The third-order valence-corrected chi connectivity index (χ3v) is 12.6. The number of hydrogen-bond donors (Lipinski definition) is 1. The molecule has 0 unspecified atom stereocenters. The smallest absolute Gasteiger partial charge is 0.261 e. The first kappa shape index (κ1) is 28.9. The van der Waals surface area contributed by atoms with Crippen molar-refractivity contribution in [1.29, 1.82) is 0 Å². The van der Waals surface area contributed by atoms with Gasteiger partial charge < -0.3 is 8.98 Å². The van der Waals surface area contributed by atoms with Crippen LogP contribution >= 0.6 is 0 Å². The molecule has 1 N–H and O–H groups in total. The fourth-order valence-corrected chi connectivity index (χ4v) is 9.67. The molecule has 188 valence electrons. The highest BCUT2D eigenvalue weighted by Crippen LogP contribution is 2.36. The maximum atomic E-state index is 12.6. The third-order valence-electron chi connectivity index (χ3n) is 5.93. The summed E-state index contributed by atoms with van der Waals surface area (Å²) < 4.78 is 22.7. The molecule has 0 aliphatic carbocycles. The van der Waals surface area contributed by atoms with Gasteiger partial charge in [0.05, 0.1) is 6.04 Å². The Kier molecular flexibility index (Phi) is 10.6. The maximum absolute atomic E-state index is 12.6. The summed E-state index contributed by atoms with van der Waals surface area (Å²) in [4.78, 5) is 0. The van der Waals surface area contributed by atoms with Gasteiger partial charge in [-0.25, -0.2) is 0 Å². The molecule has 2 aromatic rings. The molecule has 0 saturated carbocycles. The number of rotatable bonds is 11. The van der Waals surface area contributed by atoms with Crippen LogP contribution in [0.2, 0.25) is 5.04 Å². The van der Waals surface area contributed by atoms with Gasteiger partial charge in [0, 0.05) is 18.0 Å². The second kappa shape index (κ2) is 12.5. The number of hydrogen-bond acceptors (Lipinski definition) is 3. The van der Waals surface area contributed by atoms with Gasteiger partial charge in [-0.2, -0.15) is 0 Å². The van der Waals surface area contributed by atoms with Crippen LogP contribution in [0.3, 0.4) is 0 Å². The molecule has 0 spiro atoms. The Morgan fingerprint density at radius 3 is 1.82 bits per heavy atom. The predicted octanol–water partition coefficient (Wildman–Crippen LogP) is 5.98. The zero-order valence-corrected chi connectivity index (χ0v) is 24.2. The Bertz CT molecular complexity index is 833. The first-order chi connectivity index (χ1) is 15.9. The summed E-state index contributed by atoms with van der Waals surface area (Å²) in [6, 6.07) is 21.6. The van der Waals surface area contributed by atoms with Gasteiger partial charge in [0.15, 0.2) is 0 Å². The minimum absolute atomic E-state index is 0.0231. The number of benzene rings is 2. The van der Waals surface area contributed by atoms with E-state index in [9.17, 15) is 4.55 Å². The average molecular weight is 500 g/mol. The summed E-state index contributed by atoms with van der Waals surface area (Å²) in [5.41, 5.74) is 0. The molecular weight excluding hydrogens is 454 g/mol. The molecule has 0 heterocycles. The summed E-state index contributed by atoms with van der Waals surface area (Å²) in [6.07, 6.45) is 6.15. The number of nitrogens with one attached hydrogen (secondary N) is 1. The first-order valence-corrected chi connectivity index (χ1v) is 15.5. The fraction of sp³-hybridized carbons (Fsp3) is 0.517. The third kappa shape index (κ3) is 7.82. The topological polar surface area (TPSA) is 44.3 Å². The molecular formula is C29H45NO2SSi. The van der Waals surface area contributed by atoms with Crippen molar-refractivity contribution in [1.82, 2.24) is 4.72 Å². The summed E-state index contributed by atoms with van der Waals surface area (Å²) >= 11 is -1.09. The highest BCUT2D eigenvalue weighted by atomic mass is 32.2. The standard InChI is InChI=1S/C29H45NO2SSi/c1-24(2)23-25(30-33(31)28(3,4)5)17-15-16-22-32-34(29(6,7)8,26-18-11-9-12-19-26)27-20-13-10-14-21-27/h9-15,17-21,24-25,30H,16,22-23H2,1-8H3/b17-15+/t25-,33-/m1/s1. The summed E-state index contributed by atoms with van der Waals surface area (Å²) in [6.45, 7) is 18.0. The van der Waals surface area contributed by atoms with E-state index in [1.807, 2.05) is 20.8 Å². The van der Waals surface area contributed by atoms with Crippen LogP contribution in [0.5, 0.6) is 0 Å². The van der Waals surface area contributed by atoms with Crippen LogP contribution in [0.1, 0.15) is 68.2 Å². The van der Waals surface area contributed by atoms with Gasteiger partial charge in [-0.05, 0) is 54.9 Å². The molecule has 0 saturated heterocycles. The van der Waals surface area contributed by atoms with Crippen LogP contribution in [0.4, 0.5) is 0 Å². The molecule has 5 heteroatoms. The lowest BCUT2D eigenvalue weighted by Crippen LogP contribution is -2.66. The van der Waals surface area contributed by atoms with Gasteiger partial charge in [0.1, 0.15) is 4.75 Å². The van der Waals surface area contributed by atoms with E-state index in [4.69, 9.17) is 4.43 Å². The minimum Gasteiger partial charge on any atom is -0.598 e. The Morgan fingerprint density at radius 2 is 1.41 bits per heavy atom. The molecule has 0 aliphatic heterocycles. The van der Waals surface area contributed by atoms with Crippen molar-refractivity contribution < 1.29 is 8.98 Å². The minimum atomic E-state index is -2.50. The molecule has 0 fully saturated rings. The van der Waals surface area contributed by atoms with Crippen molar-refractivity contribution in [3.8, 4) is 0 Å². The van der Waals surface area contributed by atoms with Crippen molar-refractivity contribution in [3.63, 3.8) is 0 Å². The highest BCUT2D eigenvalue weighted by molar-refractivity contribution is 7.90. The second-order valence-electron chi connectivity index (χ2n) is 11.5. The van der Waals surface area contributed by atoms with Gasteiger partial charge in [-0.3, -0.25) is 0 Å². The zero-order valence-electron chi connectivity index (χ0n) is 22.4. The molecule has 34 heavy (non-hydrogen) atoms. The zero-order chi connectivity index (χ0) is 25.4. The summed E-state index contributed by atoms with van der Waals surface area (Å²) in [5.74, 6) is 0.521.